The number of allylic oxidation sites excluding steroid dienone is 6. The lowest BCUT2D eigenvalue weighted by Crippen LogP contribution is -2.12. The molecule has 2 aliphatic carbocycles. The molecule has 0 saturated carbocycles. The largest absolute Gasteiger partial charge is 0.294 e. The first kappa shape index (κ1) is 17.2. The molecule has 1 aromatic carbocycles. The molecule has 0 amide bonds. The molecule has 0 saturated heterocycles. The van der Waals surface area contributed by atoms with Crippen molar-refractivity contribution in [1.29, 1.82) is 0 Å². The fourth-order valence-corrected chi connectivity index (χ4v) is 3.23. The van der Waals surface area contributed by atoms with E-state index >= 15 is 0 Å². The number of hydrogen-bond acceptors (Lipinski definition) is 5. The summed E-state index contributed by atoms with van der Waals surface area (Å²) in [5, 5.41) is 8.35. The smallest absolute Gasteiger partial charge is 0.290 e. The fourth-order valence-electron chi connectivity index (χ4n) is 2.71. The Labute approximate surface area is 145 Å². The van der Waals surface area contributed by atoms with Gasteiger partial charge in [-0.1, -0.05) is 19.1 Å². The summed E-state index contributed by atoms with van der Waals surface area (Å²) in [7, 11) is -4.26. The second-order valence-corrected chi connectivity index (χ2v) is 7.10. The van der Waals surface area contributed by atoms with Crippen molar-refractivity contribution < 1.29 is 17.8 Å². The summed E-state index contributed by atoms with van der Waals surface area (Å²) in [4.78, 5) is 11.0. The lowest BCUT2D eigenvalue weighted by molar-refractivity contribution is -0.110. The number of nitrogens with zero attached hydrogens (tertiary/aromatic N) is 2. The average Bonchev–Trinajstić information content (AvgIpc) is 2.59. The van der Waals surface area contributed by atoms with Gasteiger partial charge in [0.25, 0.3) is 10.1 Å². The molecule has 1 aromatic rings. The normalized spacial score (nSPS) is 20.9. The van der Waals surface area contributed by atoms with Crippen LogP contribution < -0.4 is 0 Å². The first-order chi connectivity index (χ1) is 11.9. The first-order valence-electron chi connectivity index (χ1n) is 7.74. The topological polar surface area (TPSA) is 96.2 Å². The Bertz CT molecular complexity index is 964. The van der Waals surface area contributed by atoms with Gasteiger partial charge in [0.2, 0.25) is 0 Å². The van der Waals surface area contributed by atoms with Crippen LogP contribution in [0.3, 0.4) is 0 Å². The van der Waals surface area contributed by atoms with Crippen molar-refractivity contribution in [2.75, 3.05) is 0 Å². The Morgan fingerprint density at radius 2 is 1.80 bits per heavy atom. The van der Waals surface area contributed by atoms with Crippen molar-refractivity contribution in [1.82, 2.24) is 0 Å². The van der Waals surface area contributed by atoms with Crippen LogP contribution in [0.1, 0.15) is 30.4 Å². The van der Waals surface area contributed by atoms with Crippen LogP contribution in [0.5, 0.6) is 0 Å². The summed E-state index contributed by atoms with van der Waals surface area (Å²) in [5.74, 6) is -0.0616. The summed E-state index contributed by atoms with van der Waals surface area (Å²) < 4.78 is 32.1. The van der Waals surface area contributed by atoms with E-state index < -0.39 is 10.1 Å². The number of fused-ring (bicyclic) bond motifs is 1. The van der Waals surface area contributed by atoms with E-state index in [0.29, 0.717) is 11.4 Å². The lowest BCUT2D eigenvalue weighted by atomic mass is 9.85. The van der Waals surface area contributed by atoms with E-state index in [4.69, 9.17) is 0 Å². The summed E-state index contributed by atoms with van der Waals surface area (Å²) in [5.41, 5.74) is 2.69. The zero-order chi connectivity index (χ0) is 18.0. The molecule has 0 aliphatic heterocycles. The highest BCUT2D eigenvalue weighted by molar-refractivity contribution is 7.85. The van der Waals surface area contributed by atoms with E-state index in [9.17, 15) is 17.8 Å². The SMILES string of the molecule is CCC1C=C/C(=N\N=C2C=CC(=O)C=C2)c2ccc(S(=O)(=O)O)cc21. The zero-order valence-corrected chi connectivity index (χ0v) is 14.3. The molecule has 0 bridgehead atoms. The number of hydrogen-bond donors (Lipinski definition) is 1. The van der Waals surface area contributed by atoms with Crippen LogP contribution in [0.25, 0.3) is 0 Å². The van der Waals surface area contributed by atoms with Crippen LogP contribution >= 0.6 is 0 Å². The van der Waals surface area contributed by atoms with Gasteiger partial charge >= 0.3 is 0 Å². The number of rotatable bonds is 3. The second-order valence-electron chi connectivity index (χ2n) is 5.68. The van der Waals surface area contributed by atoms with Crippen LogP contribution in [-0.4, -0.2) is 30.2 Å². The molecule has 128 valence electrons. The van der Waals surface area contributed by atoms with E-state index in [0.717, 1.165) is 17.5 Å². The Kier molecular flexibility index (Phi) is 4.61. The number of carbonyl (C=O) groups is 1. The molecular formula is C18H16N2O4S. The summed E-state index contributed by atoms with van der Waals surface area (Å²) in [6.45, 7) is 2.00. The lowest BCUT2D eigenvalue weighted by Gasteiger charge is -2.21. The minimum absolute atomic E-state index is 0.0374. The predicted octanol–water partition coefficient (Wildman–Crippen LogP) is 2.84. The minimum Gasteiger partial charge on any atom is -0.290 e. The van der Waals surface area contributed by atoms with Gasteiger partial charge in [-0.2, -0.15) is 13.5 Å². The number of ketones is 1. The fraction of sp³-hybridized carbons (Fsp3) is 0.167. The van der Waals surface area contributed by atoms with Gasteiger partial charge in [0.1, 0.15) is 0 Å². The van der Waals surface area contributed by atoms with Gasteiger partial charge in [-0.15, -0.1) is 5.10 Å². The molecule has 7 heteroatoms. The number of benzene rings is 1. The van der Waals surface area contributed by atoms with Gasteiger partial charge in [0, 0.05) is 11.5 Å². The van der Waals surface area contributed by atoms with Gasteiger partial charge in [0.05, 0.1) is 16.3 Å². The van der Waals surface area contributed by atoms with Crippen LogP contribution in [0.4, 0.5) is 0 Å². The summed E-state index contributed by atoms with van der Waals surface area (Å²) >= 11 is 0. The molecule has 1 unspecified atom stereocenters. The molecule has 0 spiro atoms. The minimum atomic E-state index is -4.26. The Balaban J connectivity index is 2.03. The molecular weight excluding hydrogens is 340 g/mol. The van der Waals surface area contributed by atoms with Crippen molar-refractivity contribution >= 4 is 27.3 Å². The van der Waals surface area contributed by atoms with Crippen LogP contribution in [-0.2, 0) is 14.9 Å². The van der Waals surface area contributed by atoms with E-state index in [1.165, 1.54) is 24.3 Å². The van der Waals surface area contributed by atoms with Gasteiger partial charge < -0.3 is 0 Å². The average molecular weight is 356 g/mol. The highest BCUT2D eigenvalue weighted by Gasteiger charge is 2.22. The van der Waals surface area contributed by atoms with Crippen molar-refractivity contribution in [3.05, 3.63) is 65.8 Å². The third kappa shape index (κ3) is 3.72. The highest BCUT2D eigenvalue weighted by atomic mass is 32.2. The van der Waals surface area contributed by atoms with Crippen LogP contribution in [0, 0.1) is 0 Å². The monoisotopic (exact) mass is 356 g/mol. The van der Waals surface area contributed by atoms with Gasteiger partial charge in [0.15, 0.2) is 5.78 Å². The van der Waals surface area contributed by atoms with Gasteiger partial charge in [-0.3, -0.25) is 9.35 Å². The molecule has 2 aliphatic rings. The Morgan fingerprint density at radius 1 is 1.08 bits per heavy atom. The Hall–Kier alpha value is -2.64. The first-order valence-corrected chi connectivity index (χ1v) is 9.18. The highest BCUT2D eigenvalue weighted by Crippen LogP contribution is 2.31. The van der Waals surface area contributed by atoms with Crippen molar-refractivity contribution in [3.63, 3.8) is 0 Å². The molecule has 0 radical (unpaired) electrons. The van der Waals surface area contributed by atoms with E-state index in [1.54, 1.807) is 18.2 Å². The molecule has 1 N–H and O–H groups in total. The second kappa shape index (κ2) is 6.70. The van der Waals surface area contributed by atoms with E-state index in [1.807, 2.05) is 19.1 Å². The number of carbonyl (C=O) groups excluding carboxylic acids is 1. The summed E-state index contributed by atoms with van der Waals surface area (Å²) in [6.07, 6.45) is 10.5. The van der Waals surface area contributed by atoms with Gasteiger partial charge in [-0.25, -0.2) is 0 Å². The maximum Gasteiger partial charge on any atom is 0.294 e. The Morgan fingerprint density at radius 3 is 2.44 bits per heavy atom. The molecule has 1 atom stereocenters. The maximum absolute atomic E-state index is 11.4. The van der Waals surface area contributed by atoms with Crippen molar-refractivity contribution in [2.24, 2.45) is 10.2 Å². The third-order valence-corrected chi connectivity index (χ3v) is 4.88. The molecule has 6 nitrogen and oxygen atoms in total. The standard InChI is InChI=1S/C18H16N2O4S/c1-2-12-3-10-18(20-19-13-4-6-14(21)7-5-13)16-9-8-15(11-17(12)16)25(22,23)24/h3-12H,2H2,1H3,(H,22,23,24)/b20-18+. The van der Waals surface area contributed by atoms with Crippen molar-refractivity contribution in [2.45, 2.75) is 24.2 Å². The molecule has 0 fully saturated rings. The molecule has 25 heavy (non-hydrogen) atoms. The van der Waals surface area contributed by atoms with Gasteiger partial charge in [-0.05, 0) is 54.5 Å². The zero-order valence-electron chi connectivity index (χ0n) is 13.5. The van der Waals surface area contributed by atoms with E-state index in [2.05, 4.69) is 10.2 Å². The predicted molar refractivity (Wildman–Crippen MR) is 95.7 cm³/mol. The molecule has 3 rings (SSSR count). The van der Waals surface area contributed by atoms with E-state index in [-0.39, 0.29) is 16.6 Å². The maximum atomic E-state index is 11.4. The molecule has 0 aromatic heterocycles. The van der Waals surface area contributed by atoms with Crippen LogP contribution in [0.15, 0.2) is 69.8 Å². The van der Waals surface area contributed by atoms with Crippen molar-refractivity contribution in [3.8, 4) is 0 Å². The quantitative estimate of drug-likeness (QED) is 0.512. The molecule has 0 heterocycles. The third-order valence-electron chi connectivity index (χ3n) is 4.03. The summed E-state index contributed by atoms with van der Waals surface area (Å²) in [6, 6.07) is 4.45. The van der Waals surface area contributed by atoms with Crippen LogP contribution in [0.2, 0.25) is 0 Å².